The number of carbonyl (C=O) groups excluding carboxylic acids is 1. The fraction of sp³-hybridized carbons (Fsp3) is 0.267. The lowest BCUT2D eigenvalue weighted by Gasteiger charge is -2.17. The number of carbonyl (C=O) groups is 1. The highest BCUT2D eigenvalue weighted by Gasteiger charge is 2.08. The molecule has 5 heteroatoms. The minimum Gasteiger partial charge on any atom is -0.496 e. The molecule has 1 amide bonds. The molecule has 1 aromatic carbocycles. The fourth-order valence-electron chi connectivity index (χ4n) is 1.67. The van der Waals surface area contributed by atoms with Crippen LogP contribution in [-0.2, 0) is 4.79 Å². The molecule has 4 nitrogen and oxygen atoms in total. The molecule has 0 spiro atoms. The van der Waals surface area contributed by atoms with Gasteiger partial charge >= 0.3 is 0 Å². The van der Waals surface area contributed by atoms with Crippen molar-refractivity contribution in [2.24, 2.45) is 0 Å². The summed E-state index contributed by atoms with van der Waals surface area (Å²) in [6.07, 6.45) is 4.78. The molecule has 20 heavy (non-hydrogen) atoms. The number of halogens is 1. The SMILES string of the molecule is C=CCN(CCO)C(=O)/C=C/c1cc(Br)ccc1OC. The van der Waals surface area contributed by atoms with Crippen LogP contribution >= 0.6 is 15.9 Å². The van der Waals surface area contributed by atoms with Gasteiger partial charge in [-0.1, -0.05) is 22.0 Å². The highest BCUT2D eigenvalue weighted by atomic mass is 79.9. The van der Waals surface area contributed by atoms with E-state index in [1.165, 1.54) is 11.0 Å². The van der Waals surface area contributed by atoms with Gasteiger partial charge in [0.2, 0.25) is 5.91 Å². The van der Waals surface area contributed by atoms with Crippen LogP contribution in [-0.4, -0.2) is 42.7 Å². The molecular formula is C15H18BrNO3. The lowest BCUT2D eigenvalue weighted by atomic mass is 10.2. The normalized spacial score (nSPS) is 10.6. The Morgan fingerprint density at radius 2 is 2.30 bits per heavy atom. The van der Waals surface area contributed by atoms with Gasteiger partial charge in [0, 0.05) is 29.2 Å². The van der Waals surface area contributed by atoms with Gasteiger partial charge in [-0.2, -0.15) is 0 Å². The number of rotatable bonds is 7. The van der Waals surface area contributed by atoms with E-state index in [-0.39, 0.29) is 19.1 Å². The Balaban J connectivity index is 2.87. The van der Waals surface area contributed by atoms with Crippen molar-refractivity contribution in [3.05, 3.63) is 47.0 Å². The first-order valence-electron chi connectivity index (χ1n) is 6.14. The Labute approximate surface area is 127 Å². The van der Waals surface area contributed by atoms with Crippen LogP contribution in [0.15, 0.2) is 41.4 Å². The summed E-state index contributed by atoms with van der Waals surface area (Å²) in [7, 11) is 1.58. The summed E-state index contributed by atoms with van der Waals surface area (Å²) in [4.78, 5) is 13.5. The first kappa shape index (κ1) is 16.5. The van der Waals surface area contributed by atoms with E-state index in [0.717, 1.165) is 10.0 Å². The highest BCUT2D eigenvalue weighted by Crippen LogP contribution is 2.24. The van der Waals surface area contributed by atoms with Crippen LogP contribution in [0.5, 0.6) is 5.75 Å². The van der Waals surface area contributed by atoms with Crippen LogP contribution in [0.4, 0.5) is 0 Å². The third kappa shape index (κ3) is 4.83. The molecule has 0 aliphatic rings. The first-order valence-corrected chi connectivity index (χ1v) is 6.94. The standard InChI is InChI=1S/C15H18BrNO3/c1-3-8-17(9-10-18)15(19)7-4-12-11-13(16)5-6-14(12)20-2/h3-7,11,18H,1,8-10H2,2H3/b7-4+. The van der Waals surface area contributed by atoms with Crippen molar-refractivity contribution >= 4 is 27.9 Å². The van der Waals surface area contributed by atoms with Gasteiger partial charge in [0.25, 0.3) is 0 Å². The van der Waals surface area contributed by atoms with E-state index >= 15 is 0 Å². The second kappa shape index (κ2) is 8.55. The van der Waals surface area contributed by atoms with Crippen LogP contribution in [0.1, 0.15) is 5.56 Å². The van der Waals surface area contributed by atoms with Gasteiger partial charge in [-0.3, -0.25) is 4.79 Å². The van der Waals surface area contributed by atoms with E-state index in [1.807, 2.05) is 18.2 Å². The predicted molar refractivity (Wildman–Crippen MR) is 83.6 cm³/mol. The smallest absolute Gasteiger partial charge is 0.246 e. The van der Waals surface area contributed by atoms with Crippen LogP contribution in [0.2, 0.25) is 0 Å². The third-order valence-electron chi connectivity index (χ3n) is 2.63. The van der Waals surface area contributed by atoms with E-state index in [9.17, 15) is 4.79 Å². The summed E-state index contributed by atoms with van der Waals surface area (Å²) >= 11 is 3.38. The maximum Gasteiger partial charge on any atom is 0.246 e. The molecule has 0 aliphatic carbocycles. The summed E-state index contributed by atoms with van der Waals surface area (Å²) in [5.74, 6) is 0.510. The minimum absolute atomic E-state index is 0.0758. The lowest BCUT2D eigenvalue weighted by Crippen LogP contribution is -2.32. The second-order valence-electron chi connectivity index (χ2n) is 4.02. The highest BCUT2D eigenvalue weighted by molar-refractivity contribution is 9.10. The zero-order chi connectivity index (χ0) is 15.0. The maximum absolute atomic E-state index is 12.0. The second-order valence-corrected chi connectivity index (χ2v) is 4.93. The van der Waals surface area contributed by atoms with E-state index in [0.29, 0.717) is 12.3 Å². The van der Waals surface area contributed by atoms with Crippen molar-refractivity contribution in [2.45, 2.75) is 0 Å². The Bertz CT molecular complexity index is 500. The molecule has 0 atom stereocenters. The summed E-state index contributed by atoms with van der Waals surface area (Å²) in [6.45, 7) is 4.21. The van der Waals surface area contributed by atoms with Crippen LogP contribution < -0.4 is 4.74 Å². The van der Waals surface area contributed by atoms with Crippen molar-refractivity contribution < 1.29 is 14.6 Å². The third-order valence-corrected chi connectivity index (χ3v) is 3.12. The molecule has 1 N–H and O–H groups in total. The molecule has 0 unspecified atom stereocenters. The van der Waals surface area contributed by atoms with Gasteiger partial charge in [-0.05, 0) is 24.3 Å². The number of hydrogen-bond donors (Lipinski definition) is 1. The molecule has 0 aliphatic heterocycles. The molecule has 1 aromatic rings. The van der Waals surface area contributed by atoms with Crippen molar-refractivity contribution in [1.29, 1.82) is 0 Å². The van der Waals surface area contributed by atoms with E-state index in [4.69, 9.17) is 9.84 Å². The van der Waals surface area contributed by atoms with Crippen molar-refractivity contribution in [2.75, 3.05) is 26.8 Å². The summed E-state index contributed by atoms with van der Waals surface area (Å²) in [6, 6.07) is 5.56. The Hall–Kier alpha value is -1.59. The molecule has 0 heterocycles. The number of nitrogens with zero attached hydrogens (tertiary/aromatic N) is 1. The predicted octanol–water partition coefficient (Wildman–Crippen LogP) is 2.48. The van der Waals surface area contributed by atoms with E-state index < -0.39 is 0 Å². The van der Waals surface area contributed by atoms with Gasteiger partial charge in [-0.25, -0.2) is 0 Å². The molecule has 0 saturated heterocycles. The zero-order valence-corrected chi connectivity index (χ0v) is 13.0. The first-order chi connectivity index (χ1) is 9.62. The largest absolute Gasteiger partial charge is 0.496 e. The molecule has 0 saturated carbocycles. The summed E-state index contributed by atoms with van der Waals surface area (Å²) < 4.78 is 6.14. The molecule has 0 aromatic heterocycles. The van der Waals surface area contributed by atoms with E-state index in [2.05, 4.69) is 22.5 Å². The molecule has 0 fully saturated rings. The number of aliphatic hydroxyl groups is 1. The number of aliphatic hydroxyl groups excluding tert-OH is 1. The van der Waals surface area contributed by atoms with E-state index in [1.54, 1.807) is 19.3 Å². The van der Waals surface area contributed by atoms with Gasteiger partial charge in [0.15, 0.2) is 0 Å². The van der Waals surface area contributed by atoms with Crippen LogP contribution in [0.3, 0.4) is 0 Å². The fourth-order valence-corrected chi connectivity index (χ4v) is 2.05. The lowest BCUT2D eigenvalue weighted by molar-refractivity contribution is -0.125. The Morgan fingerprint density at radius 3 is 2.90 bits per heavy atom. The van der Waals surface area contributed by atoms with Crippen molar-refractivity contribution in [3.8, 4) is 5.75 Å². The number of benzene rings is 1. The van der Waals surface area contributed by atoms with Crippen molar-refractivity contribution in [1.82, 2.24) is 4.90 Å². The van der Waals surface area contributed by atoms with Gasteiger partial charge in [-0.15, -0.1) is 6.58 Å². The van der Waals surface area contributed by atoms with Gasteiger partial charge < -0.3 is 14.7 Å². The molecule has 108 valence electrons. The number of methoxy groups -OCH3 is 1. The summed E-state index contributed by atoms with van der Waals surface area (Å²) in [5.41, 5.74) is 0.803. The quantitative estimate of drug-likeness (QED) is 0.613. The number of ether oxygens (including phenoxy) is 1. The van der Waals surface area contributed by atoms with Gasteiger partial charge in [0.1, 0.15) is 5.75 Å². The van der Waals surface area contributed by atoms with Crippen molar-refractivity contribution in [3.63, 3.8) is 0 Å². The zero-order valence-electron chi connectivity index (χ0n) is 11.4. The minimum atomic E-state index is -0.180. The molecule has 0 bridgehead atoms. The average molecular weight is 340 g/mol. The molecular weight excluding hydrogens is 322 g/mol. The van der Waals surface area contributed by atoms with Crippen LogP contribution in [0, 0.1) is 0 Å². The summed E-state index contributed by atoms with van der Waals surface area (Å²) in [5, 5.41) is 8.94. The molecule has 0 radical (unpaired) electrons. The number of hydrogen-bond acceptors (Lipinski definition) is 3. The van der Waals surface area contributed by atoms with Gasteiger partial charge in [0.05, 0.1) is 13.7 Å². The molecule has 1 rings (SSSR count). The number of amides is 1. The Morgan fingerprint density at radius 1 is 1.55 bits per heavy atom. The Kier molecular flexibility index (Phi) is 7.04. The monoisotopic (exact) mass is 339 g/mol. The maximum atomic E-state index is 12.0. The van der Waals surface area contributed by atoms with Crippen LogP contribution in [0.25, 0.3) is 6.08 Å². The average Bonchev–Trinajstić information content (AvgIpc) is 2.44. The topological polar surface area (TPSA) is 49.8 Å².